The van der Waals surface area contributed by atoms with Crippen LogP contribution in [0.3, 0.4) is 0 Å². The summed E-state index contributed by atoms with van der Waals surface area (Å²) >= 11 is 0. The van der Waals surface area contributed by atoms with Crippen molar-refractivity contribution in [3.05, 3.63) is 70.9 Å². The molecule has 1 aliphatic heterocycles. The van der Waals surface area contributed by atoms with Crippen LogP contribution in [0.2, 0.25) is 0 Å². The maximum atomic E-state index is 12.6. The second kappa shape index (κ2) is 9.34. The molecule has 0 saturated carbocycles. The number of carbonyl (C=O) groups is 3. The highest BCUT2D eigenvalue weighted by atomic mass is 16.5. The Labute approximate surface area is 180 Å². The summed E-state index contributed by atoms with van der Waals surface area (Å²) in [5.74, 6) is -0.126. The highest BCUT2D eigenvalue weighted by Crippen LogP contribution is 2.31. The van der Waals surface area contributed by atoms with Gasteiger partial charge in [-0.15, -0.1) is 0 Å². The minimum absolute atomic E-state index is 0.220. The standard InChI is InChI=1S/C23H25N3O5/c1-5-31-22(28)19-14(2)26(3)23(29)25-20(19)16-7-6-8-17(13-16)24-21(27)15-9-11-18(30-4)12-10-15/h6-13,20H,5H2,1-4H3,(H,24,27)(H,25,29)/t20-/m1/s1. The lowest BCUT2D eigenvalue weighted by Crippen LogP contribution is -2.46. The van der Waals surface area contributed by atoms with Gasteiger partial charge in [0.05, 0.1) is 25.3 Å². The monoisotopic (exact) mass is 423 g/mol. The number of hydrogen-bond acceptors (Lipinski definition) is 5. The summed E-state index contributed by atoms with van der Waals surface area (Å²) in [6.45, 7) is 3.65. The zero-order valence-corrected chi connectivity index (χ0v) is 17.9. The Morgan fingerprint density at radius 2 is 1.87 bits per heavy atom. The molecule has 0 unspecified atom stereocenters. The third-order valence-corrected chi connectivity index (χ3v) is 5.08. The van der Waals surface area contributed by atoms with Crippen molar-refractivity contribution >= 4 is 23.6 Å². The number of allylic oxidation sites excluding steroid dienone is 1. The van der Waals surface area contributed by atoms with Gasteiger partial charge >= 0.3 is 12.0 Å². The average molecular weight is 423 g/mol. The first-order chi connectivity index (χ1) is 14.8. The van der Waals surface area contributed by atoms with Crippen LogP contribution in [0, 0.1) is 0 Å². The maximum absolute atomic E-state index is 12.6. The molecule has 0 bridgehead atoms. The quantitative estimate of drug-likeness (QED) is 0.694. The fourth-order valence-corrected chi connectivity index (χ4v) is 3.30. The normalized spacial score (nSPS) is 15.9. The first kappa shape index (κ1) is 21.9. The van der Waals surface area contributed by atoms with Gasteiger partial charge in [-0.25, -0.2) is 9.59 Å². The average Bonchev–Trinajstić information content (AvgIpc) is 2.77. The van der Waals surface area contributed by atoms with E-state index in [4.69, 9.17) is 9.47 Å². The summed E-state index contributed by atoms with van der Waals surface area (Å²) < 4.78 is 10.3. The number of anilines is 1. The van der Waals surface area contributed by atoms with Crippen LogP contribution in [-0.4, -0.2) is 43.6 Å². The molecule has 0 fully saturated rings. The van der Waals surface area contributed by atoms with Crippen molar-refractivity contribution in [2.75, 3.05) is 26.1 Å². The molecule has 3 rings (SSSR count). The second-order valence-corrected chi connectivity index (χ2v) is 6.97. The van der Waals surface area contributed by atoms with E-state index in [0.29, 0.717) is 33.8 Å². The largest absolute Gasteiger partial charge is 0.497 e. The zero-order valence-electron chi connectivity index (χ0n) is 17.9. The second-order valence-electron chi connectivity index (χ2n) is 6.97. The van der Waals surface area contributed by atoms with E-state index in [1.54, 1.807) is 76.5 Å². The van der Waals surface area contributed by atoms with E-state index in [1.165, 1.54) is 4.90 Å². The first-order valence-corrected chi connectivity index (χ1v) is 9.83. The Morgan fingerprint density at radius 3 is 2.52 bits per heavy atom. The van der Waals surface area contributed by atoms with Crippen LogP contribution in [0.5, 0.6) is 5.75 Å². The van der Waals surface area contributed by atoms with E-state index in [1.807, 2.05) is 0 Å². The molecular formula is C23H25N3O5. The summed E-state index contributed by atoms with van der Waals surface area (Å²) in [7, 11) is 3.15. The summed E-state index contributed by atoms with van der Waals surface area (Å²) in [4.78, 5) is 38.9. The number of nitrogens with zero attached hydrogens (tertiary/aromatic N) is 1. The molecule has 1 heterocycles. The van der Waals surface area contributed by atoms with Gasteiger partial charge in [-0.2, -0.15) is 0 Å². The minimum atomic E-state index is -0.694. The molecule has 2 aromatic rings. The lowest BCUT2D eigenvalue weighted by Gasteiger charge is -2.33. The van der Waals surface area contributed by atoms with Crippen molar-refractivity contribution in [2.24, 2.45) is 0 Å². The van der Waals surface area contributed by atoms with Gasteiger partial charge in [-0.3, -0.25) is 4.79 Å². The third kappa shape index (κ3) is 4.69. The van der Waals surface area contributed by atoms with Crippen LogP contribution < -0.4 is 15.4 Å². The number of nitrogens with one attached hydrogen (secondary N) is 2. The van der Waals surface area contributed by atoms with Gasteiger partial charge in [0.25, 0.3) is 5.91 Å². The Hall–Kier alpha value is -3.81. The Kier molecular flexibility index (Phi) is 6.59. The molecule has 8 nitrogen and oxygen atoms in total. The van der Waals surface area contributed by atoms with E-state index in [-0.39, 0.29) is 18.5 Å². The maximum Gasteiger partial charge on any atom is 0.338 e. The van der Waals surface area contributed by atoms with Gasteiger partial charge in [0.1, 0.15) is 5.75 Å². The number of amides is 3. The molecule has 3 amide bonds. The van der Waals surface area contributed by atoms with Gasteiger partial charge in [0.2, 0.25) is 0 Å². The van der Waals surface area contributed by atoms with Crippen molar-refractivity contribution in [3.63, 3.8) is 0 Å². The number of carbonyl (C=O) groups excluding carboxylic acids is 3. The van der Waals surface area contributed by atoms with Gasteiger partial charge < -0.3 is 25.0 Å². The van der Waals surface area contributed by atoms with E-state index < -0.39 is 12.0 Å². The lowest BCUT2D eigenvalue weighted by atomic mass is 9.94. The molecule has 162 valence electrons. The highest BCUT2D eigenvalue weighted by Gasteiger charge is 2.35. The summed E-state index contributed by atoms with van der Waals surface area (Å²) in [5.41, 5.74) is 2.52. The molecule has 31 heavy (non-hydrogen) atoms. The Bertz CT molecular complexity index is 1030. The Balaban J connectivity index is 1.89. The van der Waals surface area contributed by atoms with Crippen LogP contribution in [0.4, 0.5) is 10.5 Å². The number of ether oxygens (including phenoxy) is 2. The molecule has 1 aliphatic rings. The van der Waals surface area contributed by atoms with Gasteiger partial charge in [0, 0.05) is 24.0 Å². The lowest BCUT2D eigenvalue weighted by molar-refractivity contribution is -0.139. The topological polar surface area (TPSA) is 97.0 Å². The van der Waals surface area contributed by atoms with Crippen molar-refractivity contribution in [1.82, 2.24) is 10.2 Å². The van der Waals surface area contributed by atoms with Crippen LogP contribution in [-0.2, 0) is 9.53 Å². The first-order valence-electron chi connectivity index (χ1n) is 9.83. The van der Waals surface area contributed by atoms with Gasteiger partial charge in [-0.1, -0.05) is 12.1 Å². The number of methoxy groups -OCH3 is 1. The van der Waals surface area contributed by atoms with E-state index in [9.17, 15) is 14.4 Å². The molecule has 0 aromatic heterocycles. The molecule has 2 aromatic carbocycles. The van der Waals surface area contributed by atoms with Crippen molar-refractivity contribution in [2.45, 2.75) is 19.9 Å². The van der Waals surface area contributed by atoms with Crippen LogP contribution in [0.15, 0.2) is 59.8 Å². The third-order valence-electron chi connectivity index (χ3n) is 5.08. The van der Waals surface area contributed by atoms with Gasteiger partial charge in [0.15, 0.2) is 0 Å². The molecular weight excluding hydrogens is 398 g/mol. The number of rotatable bonds is 6. The van der Waals surface area contributed by atoms with Crippen LogP contribution in [0.25, 0.3) is 0 Å². The molecule has 1 atom stereocenters. The molecule has 2 N–H and O–H groups in total. The van der Waals surface area contributed by atoms with E-state index >= 15 is 0 Å². The number of benzene rings is 2. The van der Waals surface area contributed by atoms with E-state index in [0.717, 1.165) is 0 Å². The highest BCUT2D eigenvalue weighted by molar-refractivity contribution is 6.04. The van der Waals surface area contributed by atoms with Crippen molar-refractivity contribution in [3.8, 4) is 5.75 Å². The fraction of sp³-hybridized carbons (Fsp3) is 0.261. The predicted molar refractivity (Wildman–Crippen MR) is 116 cm³/mol. The summed E-state index contributed by atoms with van der Waals surface area (Å²) in [6.07, 6.45) is 0. The van der Waals surface area contributed by atoms with Crippen molar-refractivity contribution < 1.29 is 23.9 Å². The van der Waals surface area contributed by atoms with Gasteiger partial charge in [-0.05, 0) is 55.8 Å². The molecule has 0 radical (unpaired) electrons. The number of hydrogen-bond donors (Lipinski definition) is 2. The minimum Gasteiger partial charge on any atom is -0.497 e. The SMILES string of the molecule is CCOC(=O)C1=C(C)N(C)C(=O)N[C@@H]1c1cccc(NC(=O)c2ccc(OC)cc2)c1. The number of urea groups is 1. The van der Waals surface area contributed by atoms with E-state index in [2.05, 4.69) is 10.6 Å². The predicted octanol–water partition coefficient (Wildman–Crippen LogP) is 3.48. The smallest absolute Gasteiger partial charge is 0.338 e. The molecule has 0 saturated heterocycles. The number of esters is 1. The van der Waals surface area contributed by atoms with Crippen molar-refractivity contribution in [1.29, 1.82) is 0 Å². The van der Waals surface area contributed by atoms with Crippen LogP contribution >= 0.6 is 0 Å². The summed E-state index contributed by atoms with van der Waals surface area (Å²) in [5, 5.41) is 5.67. The fourth-order valence-electron chi connectivity index (χ4n) is 3.30. The Morgan fingerprint density at radius 1 is 1.16 bits per heavy atom. The molecule has 0 aliphatic carbocycles. The zero-order chi connectivity index (χ0) is 22.5. The van der Waals surface area contributed by atoms with Crippen LogP contribution in [0.1, 0.15) is 35.8 Å². The summed E-state index contributed by atoms with van der Waals surface area (Å²) in [6, 6.07) is 12.7. The molecule has 8 heteroatoms. The molecule has 0 spiro atoms.